The van der Waals surface area contributed by atoms with Gasteiger partial charge in [-0.1, -0.05) is 19.1 Å². The predicted molar refractivity (Wildman–Crippen MR) is 49.2 cm³/mol. The van der Waals surface area contributed by atoms with Crippen molar-refractivity contribution in [1.82, 2.24) is 0 Å². The van der Waals surface area contributed by atoms with Gasteiger partial charge in [0, 0.05) is 0 Å². The van der Waals surface area contributed by atoms with Crippen molar-refractivity contribution >= 4 is 0 Å². The second kappa shape index (κ2) is 5.24. The zero-order valence-corrected chi connectivity index (χ0v) is 9.84. The largest absolute Gasteiger partial charge is 0.406 e. The fraction of sp³-hybridized carbons (Fsp3) is 0.800. The monoisotopic (exact) mass is 302 g/mol. The Kier molecular flexibility index (Phi) is 4.99. The number of rotatable bonds is 3. The molecule has 0 bridgehead atoms. The lowest BCUT2D eigenvalue weighted by Gasteiger charge is -2.31. The van der Waals surface area contributed by atoms with Crippen LogP contribution in [-0.4, -0.2) is 18.5 Å². The second-order valence-corrected chi connectivity index (χ2v) is 4.11. The third-order valence-electron chi connectivity index (χ3n) is 2.70. The Balaban J connectivity index is 5.50. The Bertz CT molecular complexity index is 303. The maximum absolute atomic E-state index is 12.4. The third kappa shape index (κ3) is 4.04. The van der Waals surface area contributed by atoms with Gasteiger partial charge in [-0.3, -0.25) is 0 Å². The molecule has 0 rings (SSSR count). The molecule has 0 spiro atoms. The van der Waals surface area contributed by atoms with Gasteiger partial charge in [0.05, 0.1) is 5.92 Å². The minimum atomic E-state index is -5.73. The summed E-state index contributed by atoms with van der Waals surface area (Å²) in [7, 11) is 0. The summed E-state index contributed by atoms with van der Waals surface area (Å²) in [5.41, 5.74) is -4.31. The molecule has 0 saturated carbocycles. The van der Waals surface area contributed by atoms with Crippen LogP contribution in [0.2, 0.25) is 0 Å². The lowest BCUT2D eigenvalue weighted by atomic mass is 9.86. The van der Waals surface area contributed by atoms with Crippen LogP contribution in [0, 0.1) is 11.3 Å². The van der Waals surface area contributed by atoms with E-state index in [4.69, 9.17) is 0 Å². The molecule has 0 saturated heterocycles. The van der Waals surface area contributed by atoms with Crippen molar-refractivity contribution in [2.45, 2.75) is 38.8 Å². The molecular formula is C10H11F9. The zero-order chi connectivity index (χ0) is 15.7. The van der Waals surface area contributed by atoms with Crippen molar-refractivity contribution in [3.8, 4) is 0 Å². The van der Waals surface area contributed by atoms with Gasteiger partial charge in [0.2, 0.25) is 0 Å². The average molecular weight is 302 g/mol. The summed E-state index contributed by atoms with van der Waals surface area (Å²) in [6.45, 7) is 0.813. The number of allylic oxidation sites excluding steroid dienone is 2. The number of hydrogen-bond acceptors (Lipinski definition) is 0. The minimum Gasteiger partial charge on any atom is -0.170 e. The van der Waals surface area contributed by atoms with Gasteiger partial charge in [0.15, 0.2) is 5.41 Å². The van der Waals surface area contributed by atoms with E-state index in [-0.39, 0.29) is 13.0 Å². The Labute approximate surface area is 103 Å². The van der Waals surface area contributed by atoms with E-state index < -0.39 is 42.4 Å². The normalized spacial score (nSPS) is 17.0. The van der Waals surface area contributed by atoms with E-state index in [2.05, 4.69) is 0 Å². The molecule has 0 nitrogen and oxygen atoms in total. The van der Waals surface area contributed by atoms with Crippen LogP contribution in [0.5, 0.6) is 0 Å². The summed E-state index contributed by atoms with van der Waals surface area (Å²) in [6, 6.07) is 0. The van der Waals surface area contributed by atoms with E-state index in [1.165, 1.54) is 0 Å². The lowest BCUT2D eigenvalue weighted by molar-refractivity contribution is -0.315. The third-order valence-corrected chi connectivity index (χ3v) is 2.70. The van der Waals surface area contributed by atoms with Crippen LogP contribution in [0.15, 0.2) is 12.2 Å². The Morgan fingerprint density at radius 2 is 1.21 bits per heavy atom. The lowest BCUT2D eigenvalue weighted by Crippen LogP contribution is -2.46. The van der Waals surface area contributed by atoms with E-state index in [1.807, 2.05) is 0 Å². The van der Waals surface area contributed by atoms with Crippen molar-refractivity contribution in [3.63, 3.8) is 0 Å². The van der Waals surface area contributed by atoms with Crippen LogP contribution >= 0.6 is 0 Å². The second-order valence-electron chi connectivity index (χ2n) is 4.11. The van der Waals surface area contributed by atoms with E-state index >= 15 is 0 Å². The molecule has 0 radical (unpaired) electrons. The molecule has 1 atom stereocenters. The highest BCUT2D eigenvalue weighted by atomic mass is 19.4. The highest BCUT2D eigenvalue weighted by Gasteiger charge is 2.66. The molecule has 0 aromatic rings. The maximum Gasteiger partial charge on any atom is 0.406 e. The molecule has 0 heterocycles. The van der Waals surface area contributed by atoms with E-state index in [0.717, 1.165) is 6.92 Å². The molecule has 114 valence electrons. The molecule has 19 heavy (non-hydrogen) atoms. The molecule has 0 aliphatic carbocycles. The van der Waals surface area contributed by atoms with Crippen LogP contribution in [0.25, 0.3) is 0 Å². The van der Waals surface area contributed by atoms with Crippen molar-refractivity contribution in [2.24, 2.45) is 11.3 Å². The van der Waals surface area contributed by atoms with Crippen molar-refractivity contribution in [3.05, 3.63) is 12.2 Å². The first-order valence-corrected chi connectivity index (χ1v) is 5.06. The van der Waals surface area contributed by atoms with Crippen LogP contribution in [0.4, 0.5) is 39.5 Å². The fourth-order valence-electron chi connectivity index (χ4n) is 1.13. The summed E-state index contributed by atoms with van der Waals surface area (Å²) in [5, 5.41) is 0. The van der Waals surface area contributed by atoms with E-state index in [1.54, 1.807) is 0 Å². The van der Waals surface area contributed by atoms with Crippen LogP contribution < -0.4 is 0 Å². The van der Waals surface area contributed by atoms with Gasteiger partial charge < -0.3 is 0 Å². The first-order valence-electron chi connectivity index (χ1n) is 5.06. The maximum atomic E-state index is 12.4. The average Bonchev–Trinajstić information content (AvgIpc) is 2.12. The molecule has 1 unspecified atom stereocenters. The topological polar surface area (TPSA) is 0 Å². The van der Waals surface area contributed by atoms with Gasteiger partial charge in [-0.2, -0.15) is 39.5 Å². The highest BCUT2D eigenvalue weighted by molar-refractivity contribution is 5.08. The van der Waals surface area contributed by atoms with Crippen molar-refractivity contribution in [2.75, 3.05) is 0 Å². The Morgan fingerprint density at radius 1 is 0.842 bits per heavy atom. The van der Waals surface area contributed by atoms with Gasteiger partial charge in [-0.25, -0.2) is 0 Å². The van der Waals surface area contributed by atoms with E-state index in [9.17, 15) is 39.5 Å². The molecule has 0 fully saturated rings. The fourth-order valence-corrected chi connectivity index (χ4v) is 1.13. The van der Waals surface area contributed by atoms with Gasteiger partial charge in [-0.15, -0.1) is 0 Å². The number of hydrogen-bond donors (Lipinski definition) is 0. The first-order chi connectivity index (χ1) is 8.17. The molecule has 0 aliphatic heterocycles. The van der Waals surface area contributed by atoms with Gasteiger partial charge >= 0.3 is 18.5 Å². The molecule has 0 aliphatic rings. The molecule has 9 heteroatoms. The van der Waals surface area contributed by atoms with Crippen LogP contribution in [-0.2, 0) is 0 Å². The van der Waals surface area contributed by atoms with E-state index in [0.29, 0.717) is 0 Å². The van der Waals surface area contributed by atoms with Gasteiger partial charge in [0.1, 0.15) is 0 Å². The quantitative estimate of drug-likeness (QED) is 0.492. The standard InChI is InChI=1S/C10H11F9/c1-3-6(8(11,12)13)4-5-7(2,9(14,15)16)10(17,18)19/h4-6H,3H2,1-2H3. The molecule has 0 amide bonds. The summed E-state index contributed by atoms with van der Waals surface area (Å²) < 4.78 is 111. The van der Waals surface area contributed by atoms with Gasteiger partial charge in [-0.05, 0) is 13.3 Å². The molecular weight excluding hydrogens is 291 g/mol. The summed E-state index contributed by atoms with van der Waals surface area (Å²) in [4.78, 5) is 0. The summed E-state index contributed by atoms with van der Waals surface area (Å²) >= 11 is 0. The van der Waals surface area contributed by atoms with Crippen LogP contribution in [0.1, 0.15) is 20.3 Å². The first kappa shape index (κ1) is 18.1. The molecule has 0 aromatic carbocycles. The van der Waals surface area contributed by atoms with Crippen molar-refractivity contribution < 1.29 is 39.5 Å². The SMILES string of the molecule is CCC(C=CC(C)(C(F)(F)F)C(F)(F)F)C(F)(F)F. The van der Waals surface area contributed by atoms with Gasteiger partial charge in [0.25, 0.3) is 0 Å². The Hall–Kier alpha value is -0.890. The van der Waals surface area contributed by atoms with Crippen LogP contribution in [0.3, 0.4) is 0 Å². The Morgan fingerprint density at radius 3 is 1.42 bits per heavy atom. The van der Waals surface area contributed by atoms with Crippen molar-refractivity contribution in [1.29, 1.82) is 0 Å². The smallest absolute Gasteiger partial charge is 0.170 e. The molecule has 0 N–H and O–H groups in total. The molecule has 0 aromatic heterocycles. The minimum absolute atomic E-state index is 0.0824. The number of halogens is 9. The summed E-state index contributed by atoms with van der Waals surface area (Å²) in [6.07, 6.45) is -17.5. The highest BCUT2D eigenvalue weighted by Crippen LogP contribution is 2.51. The summed E-state index contributed by atoms with van der Waals surface area (Å²) in [5.74, 6) is -2.35. The predicted octanol–water partition coefficient (Wildman–Crippen LogP) is 5.26. The zero-order valence-electron chi connectivity index (χ0n) is 9.84. The number of alkyl halides is 9.